The molecule has 0 saturated heterocycles. The van der Waals surface area contributed by atoms with Crippen LogP contribution in [0.2, 0.25) is 0 Å². The van der Waals surface area contributed by atoms with E-state index in [2.05, 4.69) is 11.1 Å². The molecule has 0 aliphatic carbocycles. The molecule has 0 atom stereocenters. The summed E-state index contributed by atoms with van der Waals surface area (Å²) in [5, 5.41) is 19.6. The average molecular weight is 226 g/mol. The number of phenolic OH excluding ortho intramolecular Hbond substituents is 1. The van der Waals surface area contributed by atoms with Gasteiger partial charge in [-0.2, -0.15) is 5.26 Å². The Balaban J connectivity index is 2.93. The fourth-order valence-corrected chi connectivity index (χ4v) is 2.07. The van der Waals surface area contributed by atoms with Gasteiger partial charge in [0.15, 0.2) is 0 Å². The van der Waals surface area contributed by atoms with Gasteiger partial charge in [0.1, 0.15) is 11.8 Å². The van der Waals surface area contributed by atoms with Gasteiger partial charge in [0.05, 0.1) is 11.1 Å². The van der Waals surface area contributed by atoms with Crippen molar-refractivity contribution in [1.82, 2.24) is 4.98 Å². The number of fused-ring (bicyclic) bond motifs is 1. The molecule has 1 heterocycles. The van der Waals surface area contributed by atoms with Crippen LogP contribution >= 0.6 is 0 Å². The zero-order chi connectivity index (χ0) is 12.6. The predicted molar refractivity (Wildman–Crippen MR) is 66.8 cm³/mol. The molecule has 1 aromatic heterocycles. The molecular formula is C14H14N2O. The number of nitrogens with zero attached hydrogens (tertiary/aromatic N) is 2. The van der Waals surface area contributed by atoms with Crippen LogP contribution in [0.5, 0.6) is 5.75 Å². The minimum absolute atomic E-state index is 0.167. The third-order valence-corrected chi connectivity index (χ3v) is 2.72. The third-order valence-electron chi connectivity index (χ3n) is 2.72. The summed E-state index contributed by atoms with van der Waals surface area (Å²) in [6, 6.07) is 7.21. The second-order valence-electron chi connectivity index (χ2n) is 5.11. The lowest BCUT2D eigenvalue weighted by molar-refractivity contribution is 0.476. The van der Waals surface area contributed by atoms with E-state index < -0.39 is 0 Å². The molecule has 0 unspecified atom stereocenters. The fourth-order valence-electron chi connectivity index (χ4n) is 2.07. The van der Waals surface area contributed by atoms with Gasteiger partial charge in [-0.05, 0) is 29.2 Å². The van der Waals surface area contributed by atoms with Crippen LogP contribution in [0.25, 0.3) is 10.9 Å². The largest absolute Gasteiger partial charge is 0.508 e. The van der Waals surface area contributed by atoms with Crippen molar-refractivity contribution in [2.24, 2.45) is 0 Å². The number of phenols is 1. The third kappa shape index (κ3) is 1.94. The van der Waals surface area contributed by atoms with Gasteiger partial charge in [-0.15, -0.1) is 0 Å². The van der Waals surface area contributed by atoms with Gasteiger partial charge in [-0.25, -0.2) is 0 Å². The van der Waals surface area contributed by atoms with Crippen LogP contribution in [-0.4, -0.2) is 10.1 Å². The molecule has 17 heavy (non-hydrogen) atoms. The van der Waals surface area contributed by atoms with Crippen LogP contribution in [0.1, 0.15) is 31.9 Å². The molecule has 86 valence electrons. The first-order valence-electron chi connectivity index (χ1n) is 5.46. The molecule has 0 aliphatic rings. The first kappa shape index (κ1) is 11.4. The lowest BCUT2D eigenvalue weighted by atomic mass is 9.82. The second kappa shape index (κ2) is 3.74. The standard InChI is InChI=1S/C14H14N2O/c1-14(2,3)13-9(7-15)8-16-12-5-4-10(17)6-11(12)13/h4-6,8,17H,1-3H3. The van der Waals surface area contributed by atoms with Crippen molar-refractivity contribution in [3.63, 3.8) is 0 Å². The molecule has 0 amide bonds. The molecule has 1 aromatic carbocycles. The van der Waals surface area contributed by atoms with Crippen LogP contribution in [-0.2, 0) is 5.41 Å². The summed E-state index contributed by atoms with van der Waals surface area (Å²) in [5.41, 5.74) is 2.13. The second-order valence-corrected chi connectivity index (χ2v) is 5.11. The summed E-state index contributed by atoms with van der Waals surface area (Å²) in [6.07, 6.45) is 1.60. The molecule has 3 nitrogen and oxygen atoms in total. The van der Waals surface area contributed by atoms with E-state index in [1.54, 1.807) is 24.4 Å². The molecule has 0 radical (unpaired) electrons. The van der Waals surface area contributed by atoms with Crippen LogP contribution in [0, 0.1) is 11.3 Å². The zero-order valence-electron chi connectivity index (χ0n) is 10.2. The van der Waals surface area contributed by atoms with Crippen LogP contribution in [0.15, 0.2) is 24.4 Å². The van der Waals surface area contributed by atoms with Gasteiger partial charge in [-0.3, -0.25) is 4.98 Å². The highest BCUT2D eigenvalue weighted by molar-refractivity contribution is 5.86. The monoisotopic (exact) mass is 226 g/mol. The Hall–Kier alpha value is -2.08. The number of nitriles is 1. The van der Waals surface area contributed by atoms with E-state index in [0.29, 0.717) is 5.56 Å². The Morgan fingerprint density at radius 2 is 2.00 bits per heavy atom. The molecule has 0 fully saturated rings. The quantitative estimate of drug-likeness (QED) is 0.750. The van der Waals surface area contributed by atoms with E-state index in [1.807, 2.05) is 20.8 Å². The Kier molecular flexibility index (Phi) is 2.51. The molecule has 0 aliphatic heterocycles. The first-order valence-corrected chi connectivity index (χ1v) is 5.46. The number of benzene rings is 1. The summed E-state index contributed by atoms with van der Waals surface area (Å²) in [6.45, 7) is 6.14. The molecule has 0 bridgehead atoms. The number of hydrogen-bond donors (Lipinski definition) is 1. The highest BCUT2D eigenvalue weighted by Gasteiger charge is 2.21. The topological polar surface area (TPSA) is 56.9 Å². The molecule has 2 rings (SSSR count). The van der Waals surface area contributed by atoms with Crippen molar-refractivity contribution >= 4 is 10.9 Å². The molecule has 0 saturated carbocycles. The summed E-state index contributed by atoms with van der Waals surface area (Å²) in [4.78, 5) is 4.23. The minimum atomic E-state index is -0.167. The summed E-state index contributed by atoms with van der Waals surface area (Å²) >= 11 is 0. The fraction of sp³-hybridized carbons (Fsp3) is 0.286. The summed E-state index contributed by atoms with van der Waals surface area (Å²) in [7, 11) is 0. The Morgan fingerprint density at radius 3 is 2.59 bits per heavy atom. The highest BCUT2D eigenvalue weighted by Crippen LogP contribution is 2.33. The van der Waals surface area contributed by atoms with E-state index in [4.69, 9.17) is 5.26 Å². The van der Waals surface area contributed by atoms with E-state index in [0.717, 1.165) is 16.5 Å². The minimum Gasteiger partial charge on any atom is -0.508 e. The maximum Gasteiger partial charge on any atom is 0.116 e. The van der Waals surface area contributed by atoms with Gasteiger partial charge in [0, 0.05) is 11.6 Å². The van der Waals surface area contributed by atoms with E-state index in [-0.39, 0.29) is 11.2 Å². The molecule has 0 spiro atoms. The van der Waals surface area contributed by atoms with E-state index in [1.165, 1.54) is 0 Å². The normalized spacial score (nSPS) is 11.4. The number of aromatic nitrogens is 1. The molecule has 3 heteroatoms. The van der Waals surface area contributed by atoms with E-state index >= 15 is 0 Å². The average Bonchev–Trinajstić information content (AvgIpc) is 2.25. The maximum absolute atomic E-state index is 9.57. The molecule has 1 N–H and O–H groups in total. The maximum atomic E-state index is 9.57. The van der Waals surface area contributed by atoms with Crippen molar-refractivity contribution in [2.45, 2.75) is 26.2 Å². The van der Waals surface area contributed by atoms with Crippen LogP contribution in [0.3, 0.4) is 0 Å². The number of pyridine rings is 1. The Morgan fingerprint density at radius 1 is 1.29 bits per heavy atom. The predicted octanol–water partition coefficient (Wildman–Crippen LogP) is 3.11. The Bertz CT molecular complexity index is 618. The van der Waals surface area contributed by atoms with Crippen LogP contribution in [0.4, 0.5) is 0 Å². The van der Waals surface area contributed by atoms with Gasteiger partial charge >= 0.3 is 0 Å². The van der Waals surface area contributed by atoms with Gasteiger partial charge in [-0.1, -0.05) is 20.8 Å². The molecular weight excluding hydrogens is 212 g/mol. The lowest BCUT2D eigenvalue weighted by Gasteiger charge is -2.22. The van der Waals surface area contributed by atoms with Crippen molar-refractivity contribution < 1.29 is 5.11 Å². The number of aromatic hydroxyl groups is 1. The SMILES string of the molecule is CC(C)(C)c1c(C#N)cnc2ccc(O)cc12. The highest BCUT2D eigenvalue weighted by atomic mass is 16.3. The van der Waals surface area contributed by atoms with Crippen LogP contribution < -0.4 is 0 Å². The molecule has 2 aromatic rings. The zero-order valence-corrected chi connectivity index (χ0v) is 10.2. The van der Waals surface area contributed by atoms with Crippen molar-refractivity contribution in [1.29, 1.82) is 5.26 Å². The number of rotatable bonds is 0. The van der Waals surface area contributed by atoms with Gasteiger partial charge in [0.2, 0.25) is 0 Å². The van der Waals surface area contributed by atoms with Crippen molar-refractivity contribution in [2.75, 3.05) is 0 Å². The summed E-state index contributed by atoms with van der Waals surface area (Å²) in [5.74, 6) is 0.194. The van der Waals surface area contributed by atoms with Gasteiger partial charge in [0.25, 0.3) is 0 Å². The smallest absolute Gasteiger partial charge is 0.116 e. The van der Waals surface area contributed by atoms with Gasteiger partial charge < -0.3 is 5.11 Å². The first-order chi connectivity index (χ1) is 7.93. The Labute approximate surface area is 100 Å². The lowest BCUT2D eigenvalue weighted by Crippen LogP contribution is -2.14. The van der Waals surface area contributed by atoms with E-state index in [9.17, 15) is 5.11 Å². The summed E-state index contributed by atoms with van der Waals surface area (Å²) < 4.78 is 0. The van der Waals surface area contributed by atoms with Crippen molar-refractivity contribution in [3.05, 3.63) is 35.5 Å². The number of hydrogen-bond acceptors (Lipinski definition) is 3. The van der Waals surface area contributed by atoms with Crippen molar-refractivity contribution in [3.8, 4) is 11.8 Å².